The Balaban J connectivity index is 3.45. The first-order chi connectivity index (χ1) is 10.3. The lowest BCUT2D eigenvalue weighted by Crippen LogP contribution is -2.19. The summed E-state index contributed by atoms with van der Waals surface area (Å²) in [5, 5.41) is 9.26. The molecule has 1 N–H and O–H groups in total. The summed E-state index contributed by atoms with van der Waals surface area (Å²) in [4.78, 5) is 33.5. The molecule has 22 heavy (non-hydrogen) atoms. The molecule has 0 aliphatic heterocycles. The topological polar surface area (TPSA) is 108 Å². The predicted octanol–water partition coefficient (Wildman–Crippen LogP) is 1.32. The fourth-order valence-corrected chi connectivity index (χ4v) is 1.80. The molecule has 120 valence electrons. The molecular formula is C14H16O8. The van der Waals surface area contributed by atoms with Crippen LogP contribution >= 0.6 is 0 Å². The van der Waals surface area contributed by atoms with E-state index in [9.17, 15) is 19.5 Å². The zero-order chi connectivity index (χ0) is 16.9. The number of carbonyl (C=O) groups excluding carboxylic acids is 2. The third-order valence-electron chi connectivity index (χ3n) is 2.55. The van der Waals surface area contributed by atoms with E-state index in [0.29, 0.717) is 0 Å². The first-order valence-corrected chi connectivity index (χ1v) is 6.14. The fraction of sp³-hybridized carbons (Fsp3) is 0.357. The molecule has 0 bridgehead atoms. The van der Waals surface area contributed by atoms with E-state index < -0.39 is 24.0 Å². The highest BCUT2D eigenvalue weighted by Gasteiger charge is 2.31. The Morgan fingerprint density at radius 2 is 1.50 bits per heavy atom. The van der Waals surface area contributed by atoms with Crippen molar-refractivity contribution in [3.63, 3.8) is 0 Å². The van der Waals surface area contributed by atoms with Gasteiger partial charge in [-0.1, -0.05) is 0 Å². The molecule has 1 aromatic rings. The lowest BCUT2D eigenvalue weighted by Gasteiger charge is -2.19. The van der Waals surface area contributed by atoms with E-state index in [1.165, 1.54) is 33.3 Å². The summed E-state index contributed by atoms with van der Waals surface area (Å²) in [5.41, 5.74) is 0.00334. The summed E-state index contributed by atoms with van der Waals surface area (Å²) >= 11 is 0. The van der Waals surface area contributed by atoms with E-state index in [1.807, 2.05) is 0 Å². The zero-order valence-corrected chi connectivity index (χ0v) is 12.5. The highest BCUT2D eigenvalue weighted by atomic mass is 16.6. The summed E-state index contributed by atoms with van der Waals surface area (Å²) in [6, 6.07) is 2.61. The largest absolute Gasteiger partial charge is 0.496 e. The molecule has 0 aliphatic rings. The number of hydrogen-bond acceptors (Lipinski definition) is 7. The molecule has 0 aromatic heterocycles. The van der Waals surface area contributed by atoms with Crippen molar-refractivity contribution >= 4 is 17.9 Å². The molecule has 8 nitrogen and oxygen atoms in total. The third kappa shape index (κ3) is 4.11. The van der Waals surface area contributed by atoms with Gasteiger partial charge in [0, 0.05) is 26.0 Å². The van der Waals surface area contributed by atoms with Crippen LogP contribution in [0.4, 0.5) is 0 Å². The summed E-state index contributed by atoms with van der Waals surface area (Å²) in [6.45, 7) is 2.30. The molecule has 0 spiro atoms. The van der Waals surface area contributed by atoms with Crippen LogP contribution in [0.2, 0.25) is 0 Å². The molecule has 8 heteroatoms. The second kappa shape index (κ2) is 7.30. The Labute approximate surface area is 126 Å². The van der Waals surface area contributed by atoms with Gasteiger partial charge in [0.2, 0.25) is 6.10 Å². The van der Waals surface area contributed by atoms with E-state index in [0.717, 1.165) is 6.92 Å². The molecular weight excluding hydrogens is 296 g/mol. The van der Waals surface area contributed by atoms with Crippen molar-refractivity contribution < 1.29 is 38.4 Å². The van der Waals surface area contributed by atoms with Crippen LogP contribution in [0.5, 0.6) is 17.2 Å². The summed E-state index contributed by atoms with van der Waals surface area (Å²) < 4.78 is 19.9. The molecule has 0 saturated heterocycles. The maximum atomic E-state index is 11.4. The number of ether oxygens (including phenoxy) is 4. The van der Waals surface area contributed by atoms with Crippen molar-refractivity contribution in [3.05, 3.63) is 17.7 Å². The first kappa shape index (κ1) is 17.3. The smallest absolute Gasteiger partial charge is 0.350 e. The Hall–Kier alpha value is -2.77. The van der Waals surface area contributed by atoms with Gasteiger partial charge < -0.3 is 24.1 Å². The Bertz CT molecular complexity index is 568. The minimum absolute atomic E-state index is 0.00334. The number of carboxylic acids is 1. The molecule has 0 amide bonds. The van der Waals surface area contributed by atoms with E-state index >= 15 is 0 Å². The Morgan fingerprint density at radius 1 is 1.00 bits per heavy atom. The average molecular weight is 312 g/mol. The summed E-state index contributed by atoms with van der Waals surface area (Å²) in [7, 11) is 2.59. The average Bonchev–Trinajstić information content (AvgIpc) is 2.42. The minimum Gasteiger partial charge on any atom is -0.496 e. The van der Waals surface area contributed by atoms with Crippen LogP contribution in [0.3, 0.4) is 0 Å². The van der Waals surface area contributed by atoms with Crippen LogP contribution in [0.25, 0.3) is 0 Å². The monoisotopic (exact) mass is 312 g/mol. The van der Waals surface area contributed by atoms with Crippen molar-refractivity contribution in [2.24, 2.45) is 0 Å². The van der Waals surface area contributed by atoms with Crippen molar-refractivity contribution in [1.29, 1.82) is 0 Å². The molecule has 1 aromatic carbocycles. The lowest BCUT2D eigenvalue weighted by atomic mass is 10.1. The number of aliphatic carboxylic acids is 1. The number of carbonyl (C=O) groups is 3. The lowest BCUT2D eigenvalue weighted by molar-refractivity contribution is -0.163. The van der Waals surface area contributed by atoms with Crippen LogP contribution in [-0.2, 0) is 19.1 Å². The van der Waals surface area contributed by atoms with Crippen LogP contribution in [0.1, 0.15) is 25.5 Å². The highest BCUT2D eigenvalue weighted by Crippen LogP contribution is 2.40. The second-order valence-electron chi connectivity index (χ2n) is 4.16. The van der Waals surface area contributed by atoms with Gasteiger partial charge in [0.15, 0.2) is 0 Å². The number of methoxy groups -OCH3 is 2. The normalized spacial score (nSPS) is 11.3. The van der Waals surface area contributed by atoms with Gasteiger partial charge in [-0.15, -0.1) is 0 Å². The van der Waals surface area contributed by atoms with E-state index in [4.69, 9.17) is 18.9 Å². The maximum Gasteiger partial charge on any atom is 0.350 e. The van der Waals surface area contributed by atoms with Crippen molar-refractivity contribution in [3.8, 4) is 17.2 Å². The first-order valence-electron chi connectivity index (χ1n) is 6.14. The number of esters is 2. The van der Waals surface area contributed by atoms with Gasteiger partial charge in [-0.05, 0) is 0 Å². The number of hydrogen-bond donors (Lipinski definition) is 1. The minimum atomic E-state index is -1.62. The van der Waals surface area contributed by atoms with Crippen LogP contribution in [0.15, 0.2) is 12.1 Å². The van der Waals surface area contributed by atoms with Crippen LogP contribution in [-0.4, -0.2) is 37.2 Å². The maximum absolute atomic E-state index is 11.4. The predicted molar refractivity (Wildman–Crippen MR) is 73.0 cm³/mol. The standard InChI is InChI=1S/C14H16O8/c1-7(15)21-9-5-10(19-3)12(11(6-9)20-4)13(14(17)18)22-8(2)16/h5-6,13H,1-4H3,(H,17,18). The van der Waals surface area contributed by atoms with Gasteiger partial charge in [-0.25, -0.2) is 4.79 Å². The SMILES string of the molecule is COc1cc(OC(C)=O)cc(OC)c1C(OC(C)=O)C(=O)O. The Morgan fingerprint density at radius 3 is 1.82 bits per heavy atom. The van der Waals surface area contributed by atoms with E-state index in [-0.39, 0.29) is 22.8 Å². The van der Waals surface area contributed by atoms with Crippen LogP contribution in [0, 0.1) is 0 Å². The van der Waals surface area contributed by atoms with Crippen LogP contribution < -0.4 is 14.2 Å². The van der Waals surface area contributed by atoms with E-state index in [1.54, 1.807) is 0 Å². The van der Waals surface area contributed by atoms with Crippen molar-refractivity contribution in [1.82, 2.24) is 0 Å². The fourth-order valence-electron chi connectivity index (χ4n) is 1.80. The quantitative estimate of drug-likeness (QED) is 0.619. The molecule has 0 fully saturated rings. The van der Waals surface area contributed by atoms with Gasteiger partial charge in [-0.3, -0.25) is 9.59 Å². The molecule has 0 aliphatic carbocycles. The molecule has 1 atom stereocenters. The van der Waals surface area contributed by atoms with Gasteiger partial charge in [-0.2, -0.15) is 0 Å². The van der Waals surface area contributed by atoms with Crippen molar-refractivity contribution in [2.45, 2.75) is 20.0 Å². The molecule has 1 unspecified atom stereocenters. The molecule has 0 heterocycles. The molecule has 1 rings (SSSR count). The number of carboxylic acid groups (broad SMARTS) is 1. The third-order valence-corrected chi connectivity index (χ3v) is 2.55. The van der Waals surface area contributed by atoms with Gasteiger partial charge in [0.25, 0.3) is 0 Å². The number of rotatable bonds is 6. The summed E-state index contributed by atoms with van der Waals surface area (Å²) in [6.07, 6.45) is -1.62. The van der Waals surface area contributed by atoms with Gasteiger partial charge in [0.1, 0.15) is 17.2 Å². The second-order valence-corrected chi connectivity index (χ2v) is 4.16. The van der Waals surface area contributed by atoms with Gasteiger partial charge in [0.05, 0.1) is 19.8 Å². The zero-order valence-electron chi connectivity index (χ0n) is 12.5. The number of benzene rings is 1. The van der Waals surface area contributed by atoms with E-state index in [2.05, 4.69) is 0 Å². The van der Waals surface area contributed by atoms with Crippen molar-refractivity contribution in [2.75, 3.05) is 14.2 Å². The molecule has 0 radical (unpaired) electrons. The summed E-state index contributed by atoms with van der Waals surface area (Å²) in [5.74, 6) is -2.54. The Kier molecular flexibility index (Phi) is 5.73. The highest BCUT2D eigenvalue weighted by molar-refractivity contribution is 5.81. The molecule has 0 saturated carbocycles. The van der Waals surface area contributed by atoms with Gasteiger partial charge >= 0.3 is 17.9 Å².